The van der Waals surface area contributed by atoms with Gasteiger partial charge < -0.3 is 34.5 Å². The van der Waals surface area contributed by atoms with E-state index in [2.05, 4.69) is 20.1 Å². The fourth-order valence-corrected chi connectivity index (χ4v) is 9.99. The number of nitrogens with one attached hydrogen (secondary N) is 3. The number of alkyl halides is 3. The number of carbonyl (C=O) groups excluding carboxylic acids is 4. The fourth-order valence-electron chi connectivity index (χ4n) is 8.62. The third-order valence-corrected chi connectivity index (χ3v) is 14.3. The number of halogens is 4. The summed E-state index contributed by atoms with van der Waals surface area (Å²) in [7, 11) is -2.54. The molecule has 0 spiro atoms. The van der Waals surface area contributed by atoms with Crippen molar-refractivity contribution >= 4 is 44.6 Å². The summed E-state index contributed by atoms with van der Waals surface area (Å²) in [5, 5.41) is 5.48. The van der Waals surface area contributed by atoms with E-state index in [9.17, 15) is 40.8 Å². The van der Waals surface area contributed by atoms with Crippen molar-refractivity contribution in [3.05, 3.63) is 60.4 Å². The van der Waals surface area contributed by atoms with Gasteiger partial charge in [0, 0.05) is 23.3 Å². The minimum atomic E-state index is -4.89. The van der Waals surface area contributed by atoms with Crippen molar-refractivity contribution in [2.75, 3.05) is 13.7 Å². The molecule has 2 aliphatic carbocycles. The van der Waals surface area contributed by atoms with Crippen LogP contribution in [0.25, 0.3) is 22.0 Å². The Morgan fingerprint density at radius 2 is 1.76 bits per heavy atom. The monoisotopic (exact) mass is 945 g/mol. The molecule has 66 heavy (non-hydrogen) atoms. The van der Waals surface area contributed by atoms with Crippen LogP contribution in [-0.4, -0.2) is 103 Å². The van der Waals surface area contributed by atoms with E-state index in [0.717, 1.165) is 4.90 Å². The molecule has 2 aliphatic heterocycles. The van der Waals surface area contributed by atoms with Crippen LogP contribution in [0.3, 0.4) is 0 Å². The number of benzene rings is 2. The molecule has 4 amide bonds. The number of amides is 4. The Hall–Kier alpha value is -5.66. The molecule has 3 fully saturated rings. The van der Waals surface area contributed by atoms with Crippen LogP contribution in [-0.2, 0) is 29.1 Å². The summed E-state index contributed by atoms with van der Waals surface area (Å²) in [6.45, 7) is 7.47. The Kier molecular flexibility index (Phi) is 13.8. The van der Waals surface area contributed by atoms with Crippen LogP contribution in [0.2, 0.25) is 0 Å². The van der Waals surface area contributed by atoms with Crippen LogP contribution >= 0.6 is 0 Å². The average Bonchev–Trinajstić information content (AvgIpc) is 4.17. The van der Waals surface area contributed by atoms with E-state index < -0.39 is 92.7 Å². The van der Waals surface area contributed by atoms with E-state index in [1.807, 2.05) is 13.0 Å². The summed E-state index contributed by atoms with van der Waals surface area (Å²) in [6, 6.07) is 8.29. The molecule has 7 rings (SSSR count). The highest BCUT2D eigenvalue weighted by Gasteiger charge is 2.62. The van der Waals surface area contributed by atoms with E-state index in [0.29, 0.717) is 66.8 Å². The standard InChI is InChI=1S/C46H55F4N5O10S/c1-24(2)63-38-16-11-28(19-35(38)47)36-20-29-18-31(62-6)12-15-34(29)41(51-36)65-32-21-37-40(56)53-45(43(58)54-66(60,61)33-13-14-33)22-30(45)10-8-7-9-25(3)17-26(4)39(42(57)55(37)23-32)52-44(59)64-27(5)46(48,49)50/h8,10-12,15-16,18-20,24-27,30,32-33,37,39H,7,9,13-14,17,21-23H2,1-6H3,(H,52,59)(H,53,56)(H,54,58)/b10-8-/t25-,26+,27+,30?,32+,37-,39-,45+/m0/s1. The van der Waals surface area contributed by atoms with Gasteiger partial charge in [0.2, 0.25) is 27.7 Å². The molecule has 2 saturated carbocycles. The molecule has 0 radical (unpaired) electrons. The predicted molar refractivity (Wildman–Crippen MR) is 233 cm³/mol. The lowest BCUT2D eigenvalue weighted by molar-refractivity contribution is -0.197. The molecule has 20 heteroatoms. The Balaban J connectivity index is 1.26. The molecular weight excluding hydrogens is 891 g/mol. The van der Waals surface area contributed by atoms with Gasteiger partial charge in [-0.3, -0.25) is 19.1 Å². The first-order valence-electron chi connectivity index (χ1n) is 22.1. The Morgan fingerprint density at radius 1 is 1.02 bits per heavy atom. The Bertz CT molecular complexity index is 2500. The second kappa shape index (κ2) is 18.9. The lowest BCUT2D eigenvalue weighted by Gasteiger charge is -2.33. The van der Waals surface area contributed by atoms with Gasteiger partial charge in [0.25, 0.3) is 5.91 Å². The van der Waals surface area contributed by atoms with Crippen LogP contribution < -0.4 is 29.6 Å². The minimum absolute atomic E-state index is 0.0434. The number of rotatable bonds is 11. The van der Waals surface area contributed by atoms with Crippen molar-refractivity contribution in [3.8, 4) is 28.6 Å². The molecule has 8 atom stereocenters. The minimum Gasteiger partial charge on any atom is -0.497 e. The number of hydrogen-bond donors (Lipinski definition) is 3. The van der Waals surface area contributed by atoms with Gasteiger partial charge in [-0.2, -0.15) is 13.2 Å². The summed E-state index contributed by atoms with van der Waals surface area (Å²) in [5.74, 6) is -3.97. The number of fused-ring (bicyclic) bond motifs is 3. The van der Waals surface area contributed by atoms with Crippen molar-refractivity contribution in [1.29, 1.82) is 0 Å². The third kappa shape index (κ3) is 10.8. The largest absolute Gasteiger partial charge is 0.497 e. The maximum absolute atomic E-state index is 15.3. The fraction of sp³-hybridized carbons (Fsp3) is 0.543. The molecule has 0 bridgehead atoms. The number of carbonyl (C=O) groups is 4. The highest BCUT2D eigenvalue weighted by molar-refractivity contribution is 7.91. The second-order valence-corrected chi connectivity index (χ2v) is 20.1. The number of methoxy groups -OCH3 is 1. The van der Waals surface area contributed by atoms with Crippen molar-refractivity contribution in [1.82, 2.24) is 25.2 Å². The molecule has 15 nitrogen and oxygen atoms in total. The number of nitrogens with zero attached hydrogens (tertiary/aromatic N) is 2. The number of alkyl carbamates (subject to hydrolysis) is 1. The quantitative estimate of drug-likeness (QED) is 0.137. The Morgan fingerprint density at radius 3 is 2.42 bits per heavy atom. The van der Waals surface area contributed by atoms with Crippen molar-refractivity contribution < 1.29 is 64.1 Å². The average molecular weight is 946 g/mol. The van der Waals surface area contributed by atoms with Crippen LogP contribution in [0.4, 0.5) is 22.4 Å². The molecule has 1 unspecified atom stereocenters. The van der Waals surface area contributed by atoms with Crippen molar-refractivity contribution in [3.63, 3.8) is 0 Å². The molecule has 4 aliphatic rings. The van der Waals surface area contributed by atoms with E-state index in [1.54, 1.807) is 57.2 Å². The zero-order valence-electron chi connectivity index (χ0n) is 37.4. The SMILES string of the molecule is COc1ccc2c(O[C@@H]3C[C@H]4C(=O)N[C@]5(C(=O)NS(=O)(=O)C6CC6)CC5/C=C\CC[C@H](C)C[C@@H](C)[C@H](NC(=O)O[C@H](C)C(F)(F)F)C(=O)N4C3)nc(-c3ccc(OC(C)C)c(F)c3)cc2c1. The topological polar surface area (TPSA) is 192 Å². The van der Waals surface area contributed by atoms with Gasteiger partial charge in [-0.15, -0.1) is 0 Å². The predicted octanol–water partition coefficient (Wildman–Crippen LogP) is 6.73. The number of allylic oxidation sites excluding steroid dienone is 1. The van der Waals surface area contributed by atoms with Gasteiger partial charge in [-0.25, -0.2) is 22.6 Å². The second-order valence-electron chi connectivity index (χ2n) is 18.2. The zero-order valence-corrected chi connectivity index (χ0v) is 38.3. The molecule has 3 heterocycles. The normalized spacial score (nSPS) is 27.0. The Labute approximate surface area is 380 Å². The van der Waals surface area contributed by atoms with E-state index >= 15 is 4.39 Å². The van der Waals surface area contributed by atoms with Crippen molar-refractivity contribution in [2.24, 2.45) is 17.8 Å². The first kappa shape index (κ1) is 48.3. The number of pyridine rings is 1. The first-order valence-corrected chi connectivity index (χ1v) is 23.6. The molecular formula is C46H55F4N5O10S. The number of sulfonamides is 1. The van der Waals surface area contributed by atoms with Gasteiger partial charge in [0.1, 0.15) is 29.5 Å². The molecule has 358 valence electrons. The van der Waals surface area contributed by atoms with Gasteiger partial charge in [-0.05, 0) is 119 Å². The van der Waals surface area contributed by atoms with Gasteiger partial charge in [-0.1, -0.05) is 26.0 Å². The zero-order chi connectivity index (χ0) is 47.9. The van der Waals surface area contributed by atoms with E-state index in [1.165, 1.54) is 19.2 Å². The number of aromatic nitrogens is 1. The summed E-state index contributed by atoms with van der Waals surface area (Å²) < 4.78 is 106. The summed E-state index contributed by atoms with van der Waals surface area (Å²) in [6.07, 6.45) is -4.50. The van der Waals surface area contributed by atoms with E-state index in [4.69, 9.17) is 19.2 Å². The van der Waals surface area contributed by atoms with Crippen LogP contribution in [0.15, 0.2) is 54.6 Å². The number of ether oxygens (including phenoxy) is 4. The van der Waals surface area contributed by atoms with Crippen molar-refractivity contribution in [2.45, 2.75) is 127 Å². The van der Waals surface area contributed by atoms with Gasteiger partial charge >= 0.3 is 12.3 Å². The van der Waals surface area contributed by atoms with Crippen LogP contribution in [0.1, 0.15) is 79.6 Å². The molecule has 3 aromatic rings. The molecule has 3 N–H and O–H groups in total. The van der Waals surface area contributed by atoms with E-state index in [-0.39, 0.29) is 43.0 Å². The highest BCUT2D eigenvalue weighted by atomic mass is 32.2. The van der Waals surface area contributed by atoms with Crippen LogP contribution in [0, 0.1) is 23.6 Å². The summed E-state index contributed by atoms with van der Waals surface area (Å²) in [4.78, 5) is 62.5. The maximum Gasteiger partial charge on any atom is 0.425 e. The van der Waals surface area contributed by atoms with Gasteiger partial charge in [0.05, 0.1) is 30.7 Å². The highest BCUT2D eigenvalue weighted by Crippen LogP contribution is 2.46. The lowest BCUT2D eigenvalue weighted by Crippen LogP contribution is -2.59. The molecule has 1 saturated heterocycles. The van der Waals surface area contributed by atoms with Gasteiger partial charge in [0.15, 0.2) is 17.7 Å². The number of hydrogen-bond acceptors (Lipinski definition) is 11. The third-order valence-electron chi connectivity index (χ3n) is 12.5. The first-order chi connectivity index (χ1) is 31.1. The smallest absolute Gasteiger partial charge is 0.425 e. The summed E-state index contributed by atoms with van der Waals surface area (Å²) in [5.41, 5.74) is -1.02. The lowest BCUT2D eigenvalue weighted by atomic mass is 9.88. The van der Waals surface area contributed by atoms with Crippen LogP contribution in [0.5, 0.6) is 17.4 Å². The summed E-state index contributed by atoms with van der Waals surface area (Å²) >= 11 is 0. The molecule has 2 aromatic carbocycles. The molecule has 1 aromatic heterocycles. The maximum atomic E-state index is 15.3.